The van der Waals surface area contributed by atoms with Gasteiger partial charge in [-0.05, 0) is 87.8 Å². The van der Waals surface area contributed by atoms with Gasteiger partial charge < -0.3 is 14.2 Å². The van der Waals surface area contributed by atoms with Gasteiger partial charge >= 0.3 is 12.1 Å². The van der Waals surface area contributed by atoms with Gasteiger partial charge in [-0.2, -0.15) is 0 Å². The number of nitrogens with zero attached hydrogens (tertiary/aromatic N) is 1. The van der Waals surface area contributed by atoms with Crippen molar-refractivity contribution in [3.8, 4) is 11.5 Å². The van der Waals surface area contributed by atoms with Gasteiger partial charge in [0, 0.05) is 13.1 Å². The van der Waals surface area contributed by atoms with E-state index in [1.54, 1.807) is 26.0 Å². The van der Waals surface area contributed by atoms with Crippen LogP contribution in [0.1, 0.15) is 56.7 Å². The molecule has 0 aliphatic heterocycles. The molecule has 0 fully saturated rings. The maximum Gasteiger partial charge on any atom is 0.414 e. The molecule has 32 heavy (non-hydrogen) atoms. The van der Waals surface area contributed by atoms with Crippen LogP contribution in [0, 0.1) is 5.41 Å². The van der Waals surface area contributed by atoms with E-state index >= 15 is 0 Å². The van der Waals surface area contributed by atoms with Crippen molar-refractivity contribution in [2.45, 2.75) is 52.9 Å². The minimum absolute atomic E-state index is 0.240. The second-order valence-corrected chi connectivity index (χ2v) is 9.19. The molecule has 0 radical (unpaired) electrons. The third kappa shape index (κ3) is 5.23. The summed E-state index contributed by atoms with van der Waals surface area (Å²) in [5.74, 6) is 1.30. The number of hydrogen-bond donors (Lipinski definition) is 0. The van der Waals surface area contributed by atoms with Crippen molar-refractivity contribution < 1.29 is 23.8 Å². The molecule has 0 aromatic heterocycles. The van der Waals surface area contributed by atoms with Crippen LogP contribution in [0.2, 0.25) is 0 Å². The van der Waals surface area contributed by atoms with E-state index in [0.717, 1.165) is 30.5 Å². The zero-order chi connectivity index (χ0) is 23.5. The first-order chi connectivity index (χ1) is 15.1. The molecule has 2 aromatic rings. The number of aryl methyl sites for hydroxylation is 1. The number of hydrogen-bond acceptors (Lipinski definition) is 5. The van der Waals surface area contributed by atoms with Gasteiger partial charge in [-0.3, -0.25) is 9.69 Å². The van der Waals surface area contributed by atoms with E-state index in [9.17, 15) is 9.59 Å². The lowest BCUT2D eigenvalue weighted by Gasteiger charge is -2.29. The Bertz CT molecular complexity index is 992. The van der Waals surface area contributed by atoms with Crippen molar-refractivity contribution in [3.05, 3.63) is 53.1 Å². The normalized spacial score (nSPS) is 15.5. The summed E-state index contributed by atoms with van der Waals surface area (Å²) < 4.78 is 16.2. The minimum Gasteiger partial charge on any atom is -0.497 e. The second kappa shape index (κ2) is 9.63. The number of fused-ring (bicyclic) bond motifs is 1. The zero-order valence-corrected chi connectivity index (χ0v) is 19.9. The Labute approximate surface area is 190 Å². The fourth-order valence-electron chi connectivity index (χ4n) is 3.93. The predicted octanol–water partition coefficient (Wildman–Crippen LogP) is 5.51. The molecule has 0 spiro atoms. The summed E-state index contributed by atoms with van der Waals surface area (Å²) in [6.45, 7) is 7.65. The maximum atomic E-state index is 12.4. The lowest BCUT2D eigenvalue weighted by Crippen LogP contribution is -2.29. The van der Waals surface area contributed by atoms with Crippen molar-refractivity contribution in [2.75, 3.05) is 25.7 Å². The Morgan fingerprint density at radius 3 is 2.44 bits per heavy atom. The van der Waals surface area contributed by atoms with Crippen molar-refractivity contribution in [2.24, 2.45) is 5.41 Å². The first kappa shape index (κ1) is 23.6. The number of carbonyl (C=O) groups excluding carboxylic acids is 2. The Hall–Kier alpha value is -3.02. The molecule has 172 valence electrons. The van der Waals surface area contributed by atoms with Crippen molar-refractivity contribution in [3.63, 3.8) is 0 Å². The predicted molar refractivity (Wildman–Crippen MR) is 125 cm³/mol. The summed E-state index contributed by atoms with van der Waals surface area (Å²) in [6.07, 6.45) is 2.26. The molecule has 1 unspecified atom stereocenters. The molecule has 0 saturated heterocycles. The van der Waals surface area contributed by atoms with Gasteiger partial charge in [0.2, 0.25) is 0 Å². The number of benzene rings is 2. The molecule has 2 aromatic carbocycles. The van der Waals surface area contributed by atoms with Crippen molar-refractivity contribution in [1.82, 2.24) is 0 Å². The molecule has 0 N–H and O–H groups in total. The zero-order valence-electron chi connectivity index (χ0n) is 19.9. The molecule has 6 heteroatoms. The quantitative estimate of drug-likeness (QED) is 0.454. The monoisotopic (exact) mass is 439 g/mol. The molecule has 1 atom stereocenters. The highest BCUT2D eigenvalue weighted by molar-refractivity contribution is 5.88. The minimum atomic E-state index is -0.545. The molecule has 1 amide bonds. The van der Waals surface area contributed by atoms with Crippen LogP contribution in [0.4, 0.5) is 10.5 Å². The van der Waals surface area contributed by atoms with Gasteiger partial charge in [0.05, 0.1) is 24.8 Å². The van der Waals surface area contributed by atoms with Crippen molar-refractivity contribution >= 4 is 17.7 Å². The van der Waals surface area contributed by atoms with Crippen LogP contribution >= 0.6 is 0 Å². The molecule has 0 heterocycles. The summed E-state index contributed by atoms with van der Waals surface area (Å²) in [5.41, 5.74) is 3.78. The van der Waals surface area contributed by atoms with Gasteiger partial charge in [-0.15, -0.1) is 0 Å². The third-order valence-corrected chi connectivity index (χ3v) is 5.81. The van der Waals surface area contributed by atoms with Gasteiger partial charge in [0.1, 0.15) is 11.5 Å². The molecular formula is C26H33NO5. The molecule has 3 rings (SSSR count). The Morgan fingerprint density at radius 2 is 1.78 bits per heavy atom. The van der Waals surface area contributed by atoms with Crippen LogP contribution < -0.4 is 14.4 Å². The average Bonchev–Trinajstić information content (AvgIpc) is 2.77. The third-order valence-electron chi connectivity index (χ3n) is 5.81. The van der Waals surface area contributed by atoms with E-state index in [1.165, 1.54) is 11.1 Å². The summed E-state index contributed by atoms with van der Waals surface area (Å²) >= 11 is 0. The lowest BCUT2D eigenvalue weighted by molar-refractivity contribution is -0.143. The van der Waals surface area contributed by atoms with Gasteiger partial charge in [0.25, 0.3) is 0 Å². The molecule has 6 nitrogen and oxygen atoms in total. The van der Waals surface area contributed by atoms with Crippen LogP contribution in [0.25, 0.3) is 0 Å². The van der Waals surface area contributed by atoms with Crippen LogP contribution in [-0.2, 0) is 22.4 Å². The fraction of sp³-hybridized carbons (Fsp3) is 0.462. The van der Waals surface area contributed by atoms with E-state index in [2.05, 4.69) is 0 Å². The van der Waals surface area contributed by atoms with E-state index in [-0.39, 0.29) is 18.0 Å². The molecule has 1 aliphatic carbocycles. The molecule has 0 saturated carbocycles. The number of anilines is 1. The van der Waals surface area contributed by atoms with Crippen LogP contribution in [0.3, 0.4) is 0 Å². The van der Waals surface area contributed by atoms with E-state index in [0.29, 0.717) is 18.1 Å². The first-order valence-electron chi connectivity index (χ1n) is 11.1. The first-order valence-corrected chi connectivity index (χ1v) is 11.1. The van der Waals surface area contributed by atoms with Gasteiger partial charge in [-0.1, -0.05) is 12.1 Å². The maximum absolute atomic E-state index is 12.4. The molecule has 1 aliphatic rings. The van der Waals surface area contributed by atoms with Crippen molar-refractivity contribution in [1.29, 1.82) is 0 Å². The summed E-state index contributed by atoms with van der Waals surface area (Å²) in [6, 6.07) is 11.8. The average molecular weight is 440 g/mol. The number of esters is 1. The summed E-state index contributed by atoms with van der Waals surface area (Å²) in [4.78, 5) is 26.2. The number of ether oxygens (including phenoxy) is 3. The fourth-order valence-corrected chi connectivity index (χ4v) is 3.93. The standard InChI is InChI=1S/C26H33NO5/c1-7-31-25(29)27(5)23-16-20(30-6)12-13-22(23)19-9-8-18-15-21(11-10-17(18)14-19)32-24(28)26(2,3)4/h10-13,15-16,19H,7-9,14H2,1-6H3. The van der Waals surface area contributed by atoms with Crippen LogP contribution in [0.5, 0.6) is 11.5 Å². The van der Waals surface area contributed by atoms with Gasteiger partial charge in [0.15, 0.2) is 0 Å². The highest BCUT2D eigenvalue weighted by Crippen LogP contribution is 2.40. The number of amides is 1. The smallest absolute Gasteiger partial charge is 0.414 e. The molecule has 0 bridgehead atoms. The number of carbonyl (C=O) groups is 2. The highest BCUT2D eigenvalue weighted by Gasteiger charge is 2.27. The van der Waals surface area contributed by atoms with Crippen LogP contribution in [0.15, 0.2) is 36.4 Å². The highest BCUT2D eigenvalue weighted by atomic mass is 16.6. The topological polar surface area (TPSA) is 65.1 Å². The van der Waals surface area contributed by atoms with E-state index in [4.69, 9.17) is 14.2 Å². The van der Waals surface area contributed by atoms with E-state index < -0.39 is 5.41 Å². The largest absolute Gasteiger partial charge is 0.497 e. The Balaban J connectivity index is 1.85. The van der Waals surface area contributed by atoms with Crippen LogP contribution in [-0.4, -0.2) is 32.8 Å². The summed E-state index contributed by atoms with van der Waals surface area (Å²) in [5, 5.41) is 0. The Morgan fingerprint density at radius 1 is 1.06 bits per heavy atom. The lowest BCUT2D eigenvalue weighted by atomic mass is 9.79. The second-order valence-electron chi connectivity index (χ2n) is 9.19. The number of methoxy groups -OCH3 is 1. The SMILES string of the molecule is CCOC(=O)N(C)c1cc(OC)ccc1C1CCc2cc(OC(=O)C(C)(C)C)ccc2C1. The van der Waals surface area contributed by atoms with E-state index in [1.807, 2.05) is 57.2 Å². The molecular weight excluding hydrogens is 406 g/mol. The van der Waals surface area contributed by atoms with Gasteiger partial charge in [-0.25, -0.2) is 4.79 Å². The summed E-state index contributed by atoms with van der Waals surface area (Å²) in [7, 11) is 3.34. The number of rotatable bonds is 5. The Kier molecular flexibility index (Phi) is 7.12.